The van der Waals surface area contributed by atoms with Crippen molar-refractivity contribution in [1.29, 1.82) is 0 Å². The predicted molar refractivity (Wildman–Crippen MR) is 218 cm³/mol. The third-order valence-electron chi connectivity index (χ3n) is 9.17. The second-order valence-electron chi connectivity index (χ2n) is 12.6. The van der Waals surface area contributed by atoms with Gasteiger partial charge < -0.3 is 25.7 Å². The lowest BCUT2D eigenvalue weighted by Crippen LogP contribution is -2.13. The van der Waals surface area contributed by atoms with Gasteiger partial charge in [-0.1, -0.05) is 41.9 Å². The smallest absolute Gasteiger partial charge is 0.313 e. The number of halogens is 1. The van der Waals surface area contributed by atoms with Gasteiger partial charge in [0.15, 0.2) is 0 Å². The molecule has 0 bridgehead atoms. The van der Waals surface area contributed by atoms with Gasteiger partial charge in [-0.05, 0) is 107 Å². The number of hydrogen-bond acceptors (Lipinski definition) is 9. The largest absolute Gasteiger partial charge is 0.497 e. The quantitative estimate of drug-likeness (QED) is 0.0825. The third kappa shape index (κ3) is 8.81. The zero-order valence-electron chi connectivity index (χ0n) is 30.3. The van der Waals surface area contributed by atoms with Crippen molar-refractivity contribution < 1.29 is 33.4 Å². The van der Waals surface area contributed by atoms with Crippen LogP contribution in [0.15, 0.2) is 95.7 Å². The van der Waals surface area contributed by atoms with E-state index >= 15 is 0 Å². The number of nitrogens with two attached hydrogens (primary N) is 2. The normalized spacial score (nSPS) is 10.9. The Hall–Kier alpha value is -5.75. The molecule has 0 unspecified atom stereocenters. The second-order valence-corrected chi connectivity index (χ2v) is 15.0. The van der Waals surface area contributed by atoms with Crippen molar-refractivity contribution in [3.63, 3.8) is 0 Å². The third-order valence-corrected chi connectivity index (χ3v) is 11.5. The Morgan fingerprint density at radius 2 is 1.18 bits per heavy atom. The molecule has 12 heteroatoms. The van der Waals surface area contributed by atoms with Crippen molar-refractivity contribution in [2.24, 2.45) is 11.5 Å². The van der Waals surface area contributed by atoms with Gasteiger partial charge in [-0.3, -0.25) is 19.2 Å². The first-order valence-electron chi connectivity index (χ1n) is 17.2. The highest BCUT2D eigenvalue weighted by molar-refractivity contribution is 7.11. The Morgan fingerprint density at radius 3 is 1.76 bits per heavy atom. The van der Waals surface area contributed by atoms with E-state index in [1.165, 1.54) is 22.7 Å². The summed E-state index contributed by atoms with van der Waals surface area (Å²) in [5.74, 6) is -1.00. The molecule has 9 nitrogen and oxygen atoms in total. The van der Waals surface area contributed by atoms with Crippen LogP contribution in [-0.4, -0.2) is 38.0 Å². The number of carbonyl (C=O) groups is 4. The molecule has 4 aromatic carbocycles. The molecule has 0 saturated heterocycles. The molecule has 2 amide bonds. The van der Waals surface area contributed by atoms with Gasteiger partial charge in [0, 0.05) is 53.7 Å². The summed E-state index contributed by atoms with van der Waals surface area (Å²) in [6.07, 6.45) is 0.589. The number of carbonyl (C=O) groups excluding carboxylic acids is 4. The molecule has 0 spiro atoms. The molecule has 4 N–H and O–H groups in total. The van der Waals surface area contributed by atoms with Crippen molar-refractivity contribution in [2.75, 3.05) is 14.2 Å². The van der Waals surface area contributed by atoms with Gasteiger partial charge in [0.25, 0.3) is 0 Å². The Bertz CT molecular complexity index is 2400. The highest BCUT2D eigenvalue weighted by Gasteiger charge is 2.22. The minimum Gasteiger partial charge on any atom is -0.497 e. The van der Waals surface area contributed by atoms with Gasteiger partial charge in [-0.15, -0.1) is 22.7 Å². The summed E-state index contributed by atoms with van der Waals surface area (Å²) in [5, 5.41) is 4.55. The topological polar surface area (TPSA) is 148 Å². The summed E-state index contributed by atoms with van der Waals surface area (Å²) >= 11 is 9.23. The summed E-state index contributed by atoms with van der Waals surface area (Å²) < 4.78 is 16.3. The Balaban J connectivity index is 1.19. The van der Waals surface area contributed by atoms with E-state index in [1.54, 1.807) is 50.6 Å². The van der Waals surface area contributed by atoms with Gasteiger partial charge in [0.2, 0.25) is 11.8 Å². The van der Waals surface area contributed by atoms with Crippen molar-refractivity contribution in [2.45, 2.75) is 32.6 Å². The minimum atomic E-state index is -0.637. The average molecular weight is 793 g/mol. The van der Waals surface area contributed by atoms with E-state index in [9.17, 15) is 19.2 Å². The predicted octanol–water partition coefficient (Wildman–Crippen LogP) is 9.29. The van der Waals surface area contributed by atoms with Crippen LogP contribution in [0.5, 0.6) is 11.5 Å². The number of methoxy groups -OCH3 is 2. The molecule has 6 rings (SSSR count). The first-order valence-corrected chi connectivity index (χ1v) is 19.3. The van der Waals surface area contributed by atoms with Crippen LogP contribution in [0.2, 0.25) is 5.02 Å². The van der Waals surface area contributed by atoms with Crippen molar-refractivity contribution in [3.8, 4) is 56.0 Å². The molecule has 0 atom stereocenters. The van der Waals surface area contributed by atoms with E-state index in [0.29, 0.717) is 34.7 Å². The van der Waals surface area contributed by atoms with Crippen molar-refractivity contribution in [3.05, 3.63) is 127 Å². The Morgan fingerprint density at radius 1 is 0.618 bits per heavy atom. The van der Waals surface area contributed by atoms with Gasteiger partial charge in [-0.2, -0.15) is 0 Å². The standard InChI is InChI=1S/C43H37ClN2O7S2/c1-24-20-28(43(46)50)10-14-31(24)41-33(25-8-12-30(51-2)13-9-25)22-54-37(41)17-19-39(48)53-38(47)18-16-36-40(26-4-6-27(7-5-26)42(45)49)34(23-55-36)32-15-11-29(44)21-35(32)52-3/h4-15,20-23H,16-19H2,1-3H3,(H2,45,49)(H2,46,50). The van der Waals surface area contributed by atoms with Crippen LogP contribution in [-0.2, 0) is 27.2 Å². The molecule has 280 valence electrons. The molecule has 2 heterocycles. The summed E-state index contributed by atoms with van der Waals surface area (Å²) in [7, 11) is 3.18. The SMILES string of the molecule is COc1ccc(-c2csc(CCC(=O)OC(=O)CCc3scc(-c4ccc(Cl)cc4OC)c3-c3ccc(C(N)=O)cc3)c2-c2ccc(C(N)=O)cc2C)cc1. The summed E-state index contributed by atoms with van der Waals surface area (Å²) in [6, 6.07) is 25.4. The van der Waals surface area contributed by atoms with Gasteiger partial charge in [-0.25, -0.2) is 0 Å². The maximum Gasteiger partial charge on any atom is 0.313 e. The zero-order chi connectivity index (χ0) is 39.2. The minimum absolute atomic E-state index is 0.0172. The fourth-order valence-corrected chi connectivity index (χ4v) is 8.71. The molecule has 0 radical (unpaired) electrons. The number of aryl methyl sites for hydroxylation is 3. The molecular formula is C43H37ClN2O7S2. The molecule has 0 saturated carbocycles. The number of thiophene rings is 2. The highest BCUT2D eigenvalue weighted by Crippen LogP contribution is 2.45. The summed E-state index contributed by atoms with van der Waals surface area (Å²) in [4.78, 5) is 51.7. The number of ether oxygens (including phenoxy) is 3. The number of primary amides is 2. The van der Waals surface area contributed by atoms with Gasteiger partial charge >= 0.3 is 11.9 Å². The highest BCUT2D eigenvalue weighted by atomic mass is 35.5. The first kappa shape index (κ1) is 39.0. The average Bonchev–Trinajstić information content (AvgIpc) is 3.80. The van der Waals surface area contributed by atoms with Crippen LogP contribution in [0.1, 0.15) is 48.9 Å². The Labute approximate surface area is 331 Å². The van der Waals surface area contributed by atoms with E-state index in [2.05, 4.69) is 0 Å². The summed E-state index contributed by atoms with van der Waals surface area (Å²) in [5.41, 5.74) is 19.8. The zero-order valence-corrected chi connectivity index (χ0v) is 32.7. The molecule has 55 heavy (non-hydrogen) atoms. The molecule has 2 aromatic heterocycles. The first-order chi connectivity index (χ1) is 26.5. The number of benzene rings is 4. The maximum atomic E-state index is 13.1. The lowest BCUT2D eigenvalue weighted by atomic mass is 9.92. The van der Waals surface area contributed by atoms with E-state index in [0.717, 1.165) is 65.6 Å². The maximum absolute atomic E-state index is 13.1. The van der Waals surface area contributed by atoms with E-state index in [1.807, 2.05) is 66.2 Å². The molecular weight excluding hydrogens is 756 g/mol. The van der Waals surface area contributed by atoms with E-state index in [-0.39, 0.29) is 12.8 Å². The van der Waals surface area contributed by atoms with E-state index in [4.69, 9.17) is 37.3 Å². The molecule has 0 aliphatic carbocycles. The number of amides is 2. The monoisotopic (exact) mass is 792 g/mol. The van der Waals surface area contributed by atoms with Crippen LogP contribution in [0.4, 0.5) is 0 Å². The van der Waals surface area contributed by atoms with Crippen LogP contribution >= 0.6 is 34.3 Å². The van der Waals surface area contributed by atoms with Crippen molar-refractivity contribution >= 4 is 58.0 Å². The number of esters is 2. The van der Waals surface area contributed by atoms with Crippen LogP contribution in [0, 0.1) is 6.92 Å². The second kappa shape index (κ2) is 17.2. The lowest BCUT2D eigenvalue weighted by molar-refractivity contribution is -0.159. The summed E-state index contributed by atoms with van der Waals surface area (Å²) in [6.45, 7) is 1.91. The molecule has 0 aliphatic rings. The Kier molecular flexibility index (Phi) is 12.1. The fraction of sp³-hybridized carbons (Fsp3) is 0.163. The van der Waals surface area contributed by atoms with Crippen molar-refractivity contribution in [1.82, 2.24) is 0 Å². The van der Waals surface area contributed by atoms with Crippen LogP contribution in [0.3, 0.4) is 0 Å². The molecule has 0 fully saturated rings. The lowest BCUT2D eigenvalue weighted by Gasteiger charge is -2.13. The van der Waals surface area contributed by atoms with Gasteiger partial charge in [0.05, 0.1) is 27.1 Å². The van der Waals surface area contributed by atoms with Gasteiger partial charge in [0.1, 0.15) is 11.5 Å². The van der Waals surface area contributed by atoms with E-state index < -0.39 is 23.8 Å². The molecule has 6 aromatic rings. The van der Waals surface area contributed by atoms with Crippen LogP contribution < -0.4 is 20.9 Å². The number of rotatable bonds is 14. The fourth-order valence-electron chi connectivity index (χ4n) is 6.40. The molecule has 0 aliphatic heterocycles. The number of hydrogen-bond donors (Lipinski definition) is 2. The van der Waals surface area contributed by atoms with Crippen LogP contribution in [0.25, 0.3) is 44.5 Å².